The van der Waals surface area contributed by atoms with E-state index in [-0.39, 0.29) is 5.56 Å². The summed E-state index contributed by atoms with van der Waals surface area (Å²) < 4.78 is 1.58. The van der Waals surface area contributed by atoms with Crippen molar-refractivity contribution in [1.82, 2.24) is 34.7 Å². The van der Waals surface area contributed by atoms with Crippen LogP contribution in [0.15, 0.2) is 53.8 Å². The Morgan fingerprint density at radius 3 is 2.48 bits per heavy atom. The molecule has 1 aliphatic rings. The first-order valence-corrected chi connectivity index (χ1v) is 8.33. The molecule has 0 radical (unpaired) electrons. The number of hydrogen-bond acceptors (Lipinski definition) is 6. The van der Waals surface area contributed by atoms with Crippen molar-refractivity contribution in [3.05, 3.63) is 59.4 Å². The first-order valence-electron chi connectivity index (χ1n) is 8.33. The maximum atomic E-state index is 12.1. The summed E-state index contributed by atoms with van der Waals surface area (Å²) in [5, 5.41) is 12.7. The van der Waals surface area contributed by atoms with Crippen molar-refractivity contribution in [3.8, 4) is 11.3 Å². The third kappa shape index (κ3) is 3.63. The van der Waals surface area contributed by atoms with Crippen molar-refractivity contribution in [2.75, 3.05) is 19.6 Å². The van der Waals surface area contributed by atoms with Crippen LogP contribution in [-0.2, 0) is 13.1 Å². The van der Waals surface area contributed by atoms with E-state index in [0.717, 1.165) is 37.4 Å². The average molecular weight is 337 g/mol. The Labute approximate surface area is 144 Å². The number of rotatable bonds is 6. The lowest BCUT2D eigenvalue weighted by Gasteiger charge is -2.39. The van der Waals surface area contributed by atoms with Crippen molar-refractivity contribution in [1.29, 1.82) is 0 Å². The van der Waals surface area contributed by atoms with Gasteiger partial charge < -0.3 is 4.90 Å². The number of hydrogen-bond donors (Lipinski definition) is 0. The van der Waals surface area contributed by atoms with Gasteiger partial charge in [0.2, 0.25) is 0 Å². The van der Waals surface area contributed by atoms with Crippen molar-refractivity contribution >= 4 is 0 Å². The summed E-state index contributed by atoms with van der Waals surface area (Å²) in [6, 6.07) is 7.14. The second kappa shape index (κ2) is 6.94. The lowest BCUT2D eigenvalue weighted by atomic mass is 10.0. The van der Waals surface area contributed by atoms with Crippen LogP contribution in [0.2, 0.25) is 0 Å². The molecule has 3 aromatic rings. The number of pyridine rings is 1. The molecule has 1 aliphatic heterocycles. The molecule has 8 heteroatoms. The highest BCUT2D eigenvalue weighted by molar-refractivity contribution is 5.56. The third-order valence-corrected chi connectivity index (χ3v) is 4.39. The first-order chi connectivity index (χ1) is 12.3. The molecule has 0 bridgehead atoms. The molecule has 0 unspecified atom stereocenters. The highest BCUT2D eigenvalue weighted by atomic mass is 16.1. The van der Waals surface area contributed by atoms with E-state index < -0.39 is 0 Å². The van der Waals surface area contributed by atoms with E-state index >= 15 is 0 Å². The van der Waals surface area contributed by atoms with Crippen LogP contribution < -0.4 is 5.56 Å². The lowest BCUT2D eigenvalue weighted by Crippen LogP contribution is -2.50. The summed E-state index contributed by atoms with van der Waals surface area (Å²) in [6.07, 6.45) is 6.83. The zero-order chi connectivity index (χ0) is 17.1. The minimum absolute atomic E-state index is 0.0583. The molecule has 0 atom stereocenters. The van der Waals surface area contributed by atoms with Crippen molar-refractivity contribution in [3.63, 3.8) is 0 Å². The highest BCUT2D eigenvalue weighted by Gasteiger charge is 2.27. The summed E-state index contributed by atoms with van der Waals surface area (Å²) in [7, 11) is 0. The fourth-order valence-electron chi connectivity index (χ4n) is 3.07. The van der Waals surface area contributed by atoms with Gasteiger partial charge in [0.05, 0.1) is 31.2 Å². The SMILES string of the molecule is O=c1ccc(-c2ccncc2)nn1CC1CN(CCn2nccn2)C1. The molecule has 8 nitrogen and oxygen atoms in total. The van der Waals surface area contributed by atoms with Gasteiger partial charge in [-0.1, -0.05) is 0 Å². The smallest absolute Gasteiger partial charge is 0.266 e. The van der Waals surface area contributed by atoms with E-state index in [2.05, 4.69) is 25.2 Å². The largest absolute Gasteiger partial charge is 0.301 e. The highest BCUT2D eigenvalue weighted by Crippen LogP contribution is 2.18. The van der Waals surface area contributed by atoms with Gasteiger partial charge in [0.1, 0.15) is 0 Å². The van der Waals surface area contributed by atoms with Gasteiger partial charge in [-0.2, -0.15) is 20.1 Å². The van der Waals surface area contributed by atoms with Crippen LogP contribution in [0.4, 0.5) is 0 Å². The van der Waals surface area contributed by atoms with Gasteiger partial charge in [0.15, 0.2) is 0 Å². The van der Waals surface area contributed by atoms with Crippen LogP contribution in [0.3, 0.4) is 0 Å². The Hall–Kier alpha value is -2.87. The van der Waals surface area contributed by atoms with Crippen molar-refractivity contribution in [2.45, 2.75) is 13.1 Å². The van der Waals surface area contributed by atoms with Crippen LogP contribution in [0.25, 0.3) is 11.3 Å². The van der Waals surface area contributed by atoms with E-state index in [9.17, 15) is 4.79 Å². The van der Waals surface area contributed by atoms with E-state index in [1.54, 1.807) is 46.4 Å². The Morgan fingerprint density at radius 2 is 1.72 bits per heavy atom. The molecule has 0 aliphatic carbocycles. The molecule has 3 aromatic heterocycles. The Kier molecular flexibility index (Phi) is 4.34. The van der Waals surface area contributed by atoms with Gasteiger partial charge >= 0.3 is 0 Å². The van der Waals surface area contributed by atoms with E-state index in [4.69, 9.17) is 0 Å². The molecule has 1 saturated heterocycles. The second-order valence-corrected chi connectivity index (χ2v) is 6.23. The predicted octanol–water partition coefficient (Wildman–Crippen LogP) is 0.529. The molecule has 0 N–H and O–H groups in total. The average Bonchev–Trinajstić information content (AvgIpc) is 3.12. The fraction of sp³-hybridized carbons (Fsp3) is 0.353. The minimum atomic E-state index is -0.0583. The first kappa shape index (κ1) is 15.6. The van der Waals surface area contributed by atoms with E-state index in [1.807, 2.05) is 12.1 Å². The van der Waals surface area contributed by atoms with E-state index in [1.165, 1.54) is 0 Å². The molecular weight excluding hydrogens is 318 g/mol. The molecule has 0 amide bonds. The summed E-state index contributed by atoms with van der Waals surface area (Å²) in [4.78, 5) is 20.1. The van der Waals surface area contributed by atoms with Gasteiger partial charge in [-0.15, -0.1) is 0 Å². The molecule has 4 rings (SSSR count). The maximum Gasteiger partial charge on any atom is 0.266 e. The third-order valence-electron chi connectivity index (χ3n) is 4.39. The van der Waals surface area contributed by atoms with Gasteiger partial charge in [0.25, 0.3) is 5.56 Å². The van der Waals surface area contributed by atoms with Crippen molar-refractivity contribution < 1.29 is 0 Å². The summed E-state index contributed by atoms with van der Waals surface area (Å²) in [6.45, 7) is 4.29. The number of nitrogens with zero attached hydrogens (tertiary/aromatic N) is 7. The summed E-state index contributed by atoms with van der Waals surface area (Å²) in [5.74, 6) is 0.448. The van der Waals surface area contributed by atoms with Crippen LogP contribution in [0.5, 0.6) is 0 Å². The predicted molar refractivity (Wildman–Crippen MR) is 91.7 cm³/mol. The van der Waals surface area contributed by atoms with Crippen molar-refractivity contribution in [2.24, 2.45) is 5.92 Å². The Balaban J connectivity index is 1.35. The number of aromatic nitrogens is 6. The summed E-state index contributed by atoms with van der Waals surface area (Å²) in [5.41, 5.74) is 1.70. The molecule has 128 valence electrons. The molecule has 0 saturated carbocycles. The molecule has 1 fully saturated rings. The molecule has 0 spiro atoms. The number of likely N-dealkylation sites (tertiary alicyclic amines) is 1. The Morgan fingerprint density at radius 1 is 0.960 bits per heavy atom. The topological polar surface area (TPSA) is 81.7 Å². The molecule has 4 heterocycles. The molecular formula is C17H19N7O. The molecule has 25 heavy (non-hydrogen) atoms. The summed E-state index contributed by atoms with van der Waals surface area (Å²) >= 11 is 0. The standard InChI is InChI=1S/C17H19N7O/c25-17-2-1-16(15-3-5-18-6-4-15)21-23(17)13-14-11-22(12-14)9-10-24-19-7-8-20-24/h1-8,14H,9-13H2. The minimum Gasteiger partial charge on any atom is -0.301 e. The van der Waals surface area contributed by atoms with Gasteiger partial charge in [-0.25, -0.2) is 4.68 Å². The van der Waals surface area contributed by atoms with Gasteiger partial charge in [0, 0.05) is 49.6 Å². The van der Waals surface area contributed by atoms with E-state index in [0.29, 0.717) is 12.5 Å². The van der Waals surface area contributed by atoms with Crippen LogP contribution in [0.1, 0.15) is 0 Å². The maximum absolute atomic E-state index is 12.1. The van der Waals surface area contributed by atoms with Crippen LogP contribution in [0, 0.1) is 5.92 Å². The lowest BCUT2D eigenvalue weighted by molar-refractivity contribution is 0.0781. The van der Waals surface area contributed by atoms with Crippen LogP contribution in [-0.4, -0.2) is 54.3 Å². The fourth-order valence-corrected chi connectivity index (χ4v) is 3.07. The quantitative estimate of drug-likeness (QED) is 0.653. The van der Waals surface area contributed by atoms with Gasteiger partial charge in [-0.05, 0) is 18.2 Å². The normalized spacial score (nSPS) is 15.2. The second-order valence-electron chi connectivity index (χ2n) is 6.23. The van der Waals surface area contributed by atoms with Gasteiger partial charge in [-0.3, -0.25) is 9.78 Å². The monoisotopic (exact) mass is 337 g/mol. The Bertz CT molecular complexity index is 870. The zero-order valence-electron chi connectivity index (χ0n) is 13.8. The van der Waals surface area contributed by atoms with Crippen LogP contribution >= 0.6 is 0 Å². The molecule has 0 aromatic carbocycles. The zero-order valence-corrected chi connectivity index (χ0v) is 13.8.